The zero-order valence-electron chi connectivity index (χ0n) is 11.0. The van der Waals surface area contributed by atoms with Crippen molar-refractivity contribution in [1.29, 1.82) is 0 Å². The van der Waals surface area contributed by atoms with Gasteiger partial charge in [0.05, 0.1) is 6.61 Å². The molecule has 0 amide bonds. The summed E-state index contributed by atoms with van der Waals surface area (Å²) in [6.07, 6.45) is 1.21. The quantitative estimate of drug-likeness (QED) is 0.772. The second kappa shape index (κ2) is 6.24. The van der Waals surface area contributed by atoms with Gasteiger partial charge in [0.15, 0.2) is 0 Å². The van der Waals surface area contributed by atoms with Gasteiger partial charge in [0.25, 0.3) is 0 Å². The number of hydrogen-bond acceptors (Lipinski definition) is 4. The molecule has 4 heteroatoms. The summed E-state index contributed by atoms with van der Waals surface area (Å²) in [5.41, 5.74) is 6.25. The summed E-state index contributed by atoms with van der Waals surface area (Å²) in [6.45, 7) is 9.34. The SMILES string of the molecule is COCCN(C(C)C)C1(CN)CCSC1C. The molecule has 1 heterocycles. The van der Waals surface area contributed by atoms with E-state index in [0.29, 0.717) is 11.3 Å². The van der Waals surface area contributed by atoms with Gasteiger partial charge < -0.3 is 10.5 Å². The second-order valence-corrected chi connectivity index (χ2v) is 6.30. The van der Waals surface area contributed by atoms with E-state index in [0.717, 1.165) is 19.7 Å². The molecule has 1 aliphatic heterocycles. The van der Waals surface area contributed by atoms with E-state index in [2.05, 4.69) is 25.7 Å². The Balaban J connectivity index is 2.80. The van der Waals surface area contributed by atoms with Gasteiger partial charge in [-0.1, -0.05) is 6.92 Å². The average molecular weight is 246 g/mol. The lowest BCUT2D eigenvalue weighted by molar-refractivity contribution is 0.0369. The molecule has 1 aliphatic rings. The fourth-order valence-electron chi connectivity index (χ4n) is 2.72. The van der Waals surface area contributed by atoms with Gasteiger partial charge in [-0.3, -0.25) is 4.90 Å². The molecule has 0 aromatic carbocycles. The smallest absolute Gasteiger partial charge is 0.0590 e. The second-order valence-electron chi connectivity index (χ2n) is 4.85. The van der Waals surface area contributed by atoms with Gasteiger partial charge in [-0.2, -0.15) is 11.8 Å². The number of rotatable bonds is 6. The standard InChI is InChI=1S/C12H26N2OS/c1-10(2)14(6-7-15-4)12(9-13)5-8-16-11(12)3/h10-11H,5-9,13H2,1-4H3. The molecular formula is C12H26N2OS. The first-order chi connectivity index (χ1) is 7.58. The van der Waals surface area contributed by atoms with Crippen LogP contribution in [-0.4, -0.2) is 54.3 Å². The van der Waals surface area contributed by atoms with Crippen molar-refractivity contribution < 1.29 is 4.74 Å². The monoisotopic (exact) mass is 246 g/mol. The van der Waals surface area contributed by atoms with Crippen LogP contribution in [0.2, 0.25) is 0 Å². The maximum absolute atomic E-state index is 6.07. The fourth-order valence-corrected chi connectivity index (χ4v) is 4.20. The Labute approximate surface area is 104 Å². The third kappa shape index (κ3) is 2.73. The minimum Gasteiger partial charge on any atom is -0.383 e. The number of nitrogens with zero attached hydrogens (tertiary/aromatic N) is 1. The highest BCUT2D eigenvalue weighted by Crippen LogP contribution is 2.40. The zero-order valence-corrected chi connectivity index (χ0v) is 11.8. The van der Waals surface area contributed by atoms with E-state index in [4.69, 9.17) is 10.5 Å². The molecule has 96 valence electrons. The van der Waals surface area contributed by atoms with Gasteiger partial charge in [-0.15, -0.1) is 0 Å². The first-order valence-corrected chi connectivity index (χ1v) is 7.20. The average Bonchev–Trinajstić information content (AvgIpc) is 2.61. The minimum absolute atomic E-state index is 0.178. The van der Waals surface area contributed by atoms with Crippen molar-refractivity contribution in [2.75, 3.05) is 32.6 Å². The van der Waals surface area contributed by atoms with Gasteiger partial charge in [-0.05, 0) is 26.0 Å². The van der Waals surface area contributed by atoms with E-state index in [-0.39, 0.29) is 5.54 Å². The summed E-state index contributed by atoms with van der Waals surface area (Å²) in [4.78, 5) is 2.54. The lowest BCUT2D eigenvalue weighted by Gasteiger charge is -2.45. The highest BCUT2D eigenvalue weighted by atomic mass is 32.2. The molecule has 1 saturated heterocycles. The highest BCUT2D eigenvalue weighted by Gasteiger charge is 2.45. The summed E-state index contributed by atoms with van der Waals surface area (Å²) in [7, 11) is 1.76. The van der Waals surface area contributed by atoms with Gasteiger partial charge >= 0.3 is 0 Å². The van der Waals surface area contributed by atoms with Crippen LogP contribution >= 0.6 is 11.8 Å². The highest BCUT2D eigenvalue weighted by molar-refractivity contribution is 8.00. The van der Waals surface area contributed by atoms with Crippen molar-refractivity contribution in [3.63, 3.8) is 0 Å². The largest absolute Gasteiger partial charge is 0.383 e. The molecule has 2 atom stereocenters. The molecule has 1 rings (SSSR count). The molecule has 2 N–H and O–H groups in total. The Kier molecular flexibility index (Phi) is 5.57. The molecule has 0 aliphatic carbocycles. The summed E-state index contributed by atoms with van der Waals surface area (Å²) < 4.78 is 5.22. The van der Waals surface area contributed by atoms with Gasteiger partial charge in [0, 0.05) is 37.0 Å². The molecule has 3 nitrogen and oxygen atoms in total. The first-order valence-electron chi connectivity index (χ1n) is 6.16. The lowest BCUT2D eigenvalue weighted by Crippen LogP contribution is -2.60. The van der Waals surface area contributed by atoms with Crippen LogP contribution < -0.4 is 5.73 Å². The van der Waals surface area contributed by atoms with E-state index in [1.165, 1.54) is 12.2 Å². The Bertz CT molecular complexity index is 213. The molecule has 1 fully saturated rings. The summed E-state index contributed by atoms with van der Waals surface area (Å²) in [6, 6.07) is 0.528. The van der Waals surface area contributed by atoms with E-state index in [9.17, 15) is 0 Å². The molecule has 0 saturated carbocycles. The van der Waals surface area contributed by atoms with Crippen molar-refractivity contribution in [3.8, 4) is 0 Å². The van der Waals surface area contributed by atoms with Crippen LogP contribution in [0.5, 0.6) is 0 Å². The Morgan fingerprint density at radius 1 is 1.56 bits per heavy atom. The van der Waals surface area contributed by atoms with E-state index in [1.807, 2.05) is 11.8 Å². The predicted molar refractivity (Wildman–Crippen MR) is 72.0 cm³/mol. The summed E-state index contributed by atoms with van der Waals surface area (Å²) in [5, 5.41) is 0.622. The summed E-state index contributed by atoms with van der Waals surface area (Å²) in [5.74, 6) is 1.23. The lowest BCUT2D eigenvalue weighted by atomic mass is 9.89. The molecule has 0 aromatic rings. The van der Waals surface area contributed by atoms with Crippen LogP contribution in [-0.2, 0) is 4.74 Å². The van der Waals surface area contributed by atoms with Crippen molar-refractivity contribution in [1.82, 2.24) is 4.90 Å². The van der Waals surface area contributed by atoms with Crippen molar-refractivity contribution in [3.05, 3.63) is 0 Å². The Morgan fingerprint density at radius 3 is 2.62 bits per heavy atom. The van der Waals surface area contributed by atoms with Gasteiger partial charge in [-0.25, -0.2) is 0 Å². The number of hydrogen-bond donors (Lipinski definition) is 1. The molecule has 0 radical (unpaired) electrons. The van der Waals surface area contributed by atoms with E-state index >= 15 is 0 Å². The van der Waals surface area contributed by atoms with Gasteiger partial charge in [0.1, 0.15) is 0 Å². The van der Waals surface area contributed by atoms with Gasteiger partial charge in [0.2, 0.25) is 0 Å². The molecule has 16 heavy (non-hydrogen) atoms. The Morgan fingerprint density at radius 2 is 2.25 bits per heavy atom. The van der Waals surface area contributed by atoms with Crippen molar-refractivity contribution >= 4 is 11.8 Å². The van der Waals surface area contributed by atoms with Crippen molar-refractivity contribution in [2.24, 2.45) is 5.73 Å². The predicted octanol–water partition coefficient (Wildman–Crippen LogP) is 1.57. The number of thioether (sulfide) groups is 1. The molecule has 2 unspecified atom stereocenters. The first kappa shape index (κ1) is 14.3. The number of nitrogens with two attached hydrogens (primary N) is 1. The van der Waals surface area contributed by atoms with Crippen LogP contribution in [0.25, 0.3) is 0 Å². The fraction of sp³-hybridized carbons (Fsp3) is 1.00. The van der Waals surface area contributed by atoms with Crippen molar-refractivity contribution in [2.45, 2.75) is 44.0 Å². The molecule has 0 aromatic heterocycles. The van der Waals surface area contributed by atoms with E-state index < -0.39 is 0 Å². The topological polar surface area (TPSA) is 38.5 Å². The van der Waals surface area contributed by atoms with E-state index in [1.54, 1.807) is 7.11 Å². The molecular weight excluding hydrogens is 220 g/mol. The summed E-state index contributed by atoms with van der Waals surface area (Å²) >= 11 is 2.05. The van der Waals surface area contributed by atoms with Crippen LogP contribution in [0, 0.1) is 0 Å². The normalized spacial score (nSPS) is 30.6. The number of ether oxygens (including phenoxy) is 1. The molecule has 0 spiro atoms. The number of methoxy groups -OCH3 is 1. The third-order valence-corrected chi connectivity index (χ3v) is 5.12. The zero-order chi connectivity index (χ0) is 12.2. The van der Waals surface area contributed by atoms with Crippen LogP contribution in [0.15, 0.2) is 0 Å². The minimum atomic E-state index is 0.178. The maximum Gasteiger partial charge on any atom is 0.0590 e. The van der Waals surface area contributed by atoms with Crippen LogP contribution in [0.4, 0.5) is 0 Å². The third-order valence-electron chi connectivity index (χ3n) is 3.74. The van der Waals surface area contributed by atoms with Crippen LogP contribution in [0.3, 0.4) is 0 Å². The Hall–Kier alpha value is 0.230. The van der Waals surface area contributed by atoms with Crippen LogP contribution in [0.1, 0.15) is 27.2 Å². The maximum atomic E-state index is 6.07. The molecule has 0 bridgehead atoms.